The van der Waals surface area contributed by atoms with Gasteiger partial charge in [0.1, 0.15) is 0 Å². The average molecular weight is 278 g/mol. The van der Waals surface area contributed by atoms with E-state index in [0.717, 1.165) is 17.8 Å². The minimum absolute atomic E-state index is 0.0442. The van der Waals surface area contributed by atoms with Gasteiger partial charge in [-0.05, 0) is 19.3 Å². The summed E-state index contributed by atoms with van der Waals surface area (Å²) in [6, 6.07) is 0. The van der Waals surface area contributed by atoms with Gasteiger partial charge in [-0.2, -0.15) is 4.98 Å². The topological polar surface area (TPSA) is 48.4 Å². The van der Waals surface area contributed by atoms with E-state index in [0.29, 0.717) is 11.1 Å². The van der Waals surface area contributed by atoms with Crippen molar-refractivity contribution in [1.29, 1.82) is 0 Å². The number of methoxy groups -OCH3 is 1. The van der Waals surface area contributed by atoms with Crippen molar-refractivity contribution >= 4 is 28.9 Å². The van der Waals surface area contributed by atoms with E-state index < -0.39 is 5.97 Å². The number of thiazole rings is 1. The Morgan fingerprint density at radius 1 is 1.47 bits per heavy atom. The molecular formula is C11H16ClNO3S. The Kier molecular flexibility index (Phi) is 5.21. The van der Waals surface area contributed by atoms with Crippen LogP contribution in [0.4, 0.5) is 0 Å². The van der Waals surface area contributed by atoms with Gasteiger partial charge >= 0.3 is 5.97 Å². The Labute approximate surface area is 110 Å². The lowest BCUT2D eigenvalue weighted by atomic mass is 10.1. The van der Waals surface area contributed by atoms with Crippen molar-refractivity contribution in [3.63, 3.8) is 0 Å². The summed E-state index contributed by atoms with van der Waals surface area (Å²) < 4.78 is 10.2. The van der Waals surface area contributed by atoms with E-state index in [1.54, 1.807) is 0 Å². The molecule has 0 spiro atoms. The lowest BCUT2D eigenvalue weighted by molar-refractivity contribution is 0.0606. The highest BCUT2D eigenvalue weighted by Crippen LogP contribution is 2.30. The molecule has 6 heteroatoms. The molecule has 1 heterocycles. The maximum Gasteiger partial charge on any atom is 0.351 e. The average Bonchev–Trinajstić information content (AvgIpc) is 2.56. The van der Waals surface area contributed by atoms with Crippen LogP contribution in [-0.4, -0.2) is 24.2 Å². The number of esters is 1. The fraction of sp³-hybridized carbons (Fsp3) is 0.636. The van der Waals surface area contributed by atoms with Crippen molar-refractivity contribution in [2.24, 2.45) is 5.92 Å². The second kappa shape index (κ2) is 6.21. The first-order chi connectivity index (χ1) is 7.93. The summed E-state index contributed by atoms with van der Waals surface area (Å²) in [5.74, 6) is 0.0550. The molecule has 0 aliphatic rings. The van der Waals surface area contributed by atoms with Gasteiger partial charge in [0.15, 0.2) is 10.0 Å². The standard InChI is InChI=1S/C11H16ClNO3S/c1-6(2)5-7(3)16-11-13-9(12)8(17-11)10(14)15-4/h6-7H,5H2,1-4H3. The fourth-order valence-corrected chi connectivity index (χ4v) is 2.58. The molecule has 0 aliphatic carbocycles. The Balaban J connectivity index is 2.70. The molecule has 1 aromatic rings. The highest BCUT2D eigenvalue weighted by Gasteiger charge is 2.19. The quantitative estimate of drug-likeness (QED) is 0.774. The zero-order valence-corrected chi connectivity index (χ0v) is 11.9. The molecule has 0 bridgehead atoms. The maximum atomic E-state index is 11.3. The summed E-state index contributed by atoms with van der Waals surface area (Å²) >= 11 is 6.93. The van der Waals surface area contributed by atoms with Gasteiger partial charge in [0.25, 0.3) is 5.19 Å². The van der Waals surface area contributed by atoms with Crippen molar-refractivity contribution in [2.45, 2.75) is 33.3 Å². The van der Waals surface area contributed by atoms with Crippen LogP contribution < -0.4 is 4.74 Å². The molecular weight excluding hydrogens is 262 g/mol. The predicted octanol–water partition coefficient (Wildman–Crippen LogP) is 3.40. The molecule has 1 atom stereocenters. The minimum atomic E-state index is -0.487. The van der Waals surface area contributed by atoms with Gasteiger partial charge in [0.05, 0.1) is 13.2 Å². The molecule has 0 aromatic carbocycles. The number of aromatic nitrogens is 1. The van der Waals surface area contributed by atoms with Crippen molar-refractivity contribution < 1.29 is 14.3 Å². The summed E-state index contributed by atoms with van der Waals surface area (Å²) in [7, 11) is 1.31. The second-order valence-corrected chi connectivity index (χ2v) is 5.47. The molecule has 96 valence electrons. The molecule has 0 fully saturated rings. The highest BCUT2D eigenvalue weighted by atomic mass is 35.5. The van der Waals surface area contributed by atoms with E-state index in [4.69, 9.17) is 16.3 Å². The molecule has 0 radical (unpaired) electrons. The number of nitrogens with zero attached hydrogens (tertiary/aromatic N) is 1. The number of rotatable bonds is 5. The summed E-state index contributed by atoms with van der Waals surface area (Å²) in [6.45, 7) is 6.20. The van der Waals surface area contributed by atoms with E-state index in [1.165, 1.54) is 7.11 Å². The molecule has 1 unspecified atom stereocenters. The van der Waals surface area contributed by atoms with Crippen LogP contribution in [0.15, 0.2) is 0 Å². The zero-order chi connectivity index (χ0) is 13.0. The zero-order valence-electron chi connectivity index (χ0n) is 10.3. The number of carbonyl (C=O) groups is 1. The first-order valence-corrected chi connectivity index (χ1v) is 6.54. The van der Waals surface area contributed by atoms with Crippen LogP contribution in [0, 0.1) is 5.92 Å². The van der Waals surface area contributed by atoms with E-state index in [2.05, 4.69) is 23.6 Å². The van der Waals surface area contributed by atoms with Gasteiger partial charge < -0.3 is 9.47 Å². The van der Waals surface area contributed by atoms with Gasteiger partial charge in [-0.25, -0.2) is 4.79 Å². The van der Waals surface area contributed by atoms with Gasteiger partial charge in [0, 0.05) is 0 Å². The monoisotopic (exact) mass is 277 g/mol. The maximum absolute atomic E-state index is 11.3. The molecule has 0 N–H and O–H groups in total. The van der Waals surface area contributed by atoms with Crippen molar-refractivity contribution in [2.75, 3.05) is 7.11 Å². The normalized spacial score (nSPS) is 12.6. The van der Waals surface area contributed by atoms with E-state index in [-0.39, 0.29) is 16.1 Å². The van der Waals surface area contributed by atoms with E-state index >= 15 is 0 Å². The van der Waals surface area contributed by atoms with Crippen LogP contribution in [0.5, 0.6) is 5.19 Å². The predicted molar refractivity (Wildman–Crippen MR) is 68.0 cm³/mol. The summed E-state index contributed by atoms with van der Waals surface area (Å²) in [5.41, 5.74) is 0. The SMILES string of the molecule is COC(=O)c1sc(OC(C)CC(C)C)nc1Cl. The molecule has 0 saturated heterocycles. The van der Waals surface area contributed by atoms with E-state index in [9.17, 15) is 4.79 Å². The number of ether oxygens (including phenoxy) is 2. The molecule has 0 aliphatic heterocycles. The smallest absolute Gasteiger partial charge is 0.351 e. The number of hydrogen-bond donors (Lipinski definition) is 0. The Bertz CT molecular complexity index is 392. The first-order valence-electron chi connectivity index (χ1n) is 5.35. The molecule has 0 amide bonds. The van der Waals surface area contributed by atoms with Gasteiger partial charge in [-0.15, -0.1) is 0 Å². The largest absolute Gasteiger partial charge is 0.467 e. The lowest BCUT2D eigenvalue weighted by Gasteiger charge is -2.13. The Morgan fingerprint density at radius 3 is 2.65 bits per heavy atom. The second-order valence-electron chi connectivity index (χ2n) is 4.15. The number of halogens is 1. The third-order valence-corrected chi connectivity index (χ3v) is 3.35. The summed E-state index contributed by atoms with van der Waals surface area (Å²) in [6.07, 6.45) is 0.966. The molecule has 0 saturated carbocycles. The molecule has 1 aromatic heterocycles. The lowest BCUT2D eigenvalue weighted by Crippen LogP contribution is -2.14. The Morgan fingerprint density at radius 2 is 2.12 bits per heavy atom. The van der Waals surface area contributed by atoms with Gasteiger partial charge in [-0.1, -0.05) is 36.8 Å². The van der Waals surface area contributed by atoms with Crippen LogP contribution in [0.2, 0.25) is 5.15 Å². The summed E-state index contributed by atoms with van der Waals surface area (Å²) in [5, 5.41) is 0.539. The third-order valence-electron chi connectivity index (χ3n) is 2.04. The van der Waals surface area contributed by atoms with Crippen molar-refractivity contribution in [3.05, 3.63) is 10.0 Å². The van der Waals surface area contributed by atoms with Crippen molar-refractivity contribution in [3.8, 4) is 5.19 Å². The van der Waals surface area contributed by atoms with Crippen LogP contribution in [0.3, 0.4) is 0 Å². The van der Waals surface area contributed by atoms with Gasteiger partial charge in [-0.3, -0.25) is 0 Å². The fourth-order valence-electron chi connectivity index (χ4n) is 1.44. The van der Waals surface area contributed by atoms with Crippen LogP contribution >= 0.6 is 22.9 Å². The highest BCUT2D eigenvalue weighted by molar-refractivity contribution is 7.15. The van der Waals surface area contributed by atoms with E-state index in [1.807, 2.05) is 6.92 Å². The third kappa shape index (κ3) is 4.16. The van der Waals surface area contributed by atoms with Crippen molar-refractivity contribution in [1.82, 2.24) is 4.98 Å². The molecule has 1 rings (SSSR count). The van der Waals surface area contributed by atoms with Gasteiger partial charge in [0.2, 0.25) is 0 Å². The van der Waals surface area contributed by atoms with Crippen LogP contribution in [0.1, 0.15) is 36.9 Å². The van der Waals surface area contributed by atoms with Crippen LogP contribution in [-0.2, 0) is 4.74 Å². The van der Waals surface area contributed by atoms with Crippen LogP contribution in [0.25, 0.3) is 0 Å². The Hall–Kier alpha value is -0.810. The minimum Gasteiger partial charge on any atom is -0.467 e. The summed E-state index contributed by atoms with van der Waals surface area (Å²) in [4.78, 5) is 15.6. The number of carbonyl (C=O) groups excluding carboxylic acids is 1. The molecule has 4 nitrogen and oxygen atoms in total. The molecule has 17 heavy (non-hydrogen) atoms. The number of hydrogen-bond acceptors (Lipinski definition) is 5. The first kappa shape index (κ1) is 14.3.